The molecule has 0 spiro atoms. The number of para-hydroxylation sites is 1. The maximum Gasteiger partial charge on any atom is 0.350 e. The van der Waals surface area contributed by atoms with Gasteiger partial charge >= 0.3 is 5.97 Å². The third-order valence-electron chi connectivity index (χ3n) is 3.36. The molecular weight excluding hydrogens is 294 g/mol. The van der Waals surface area contributed by atoms with Crippen LogP contribution in [0.25, 0.3) is 0 Å². The smallest absolute Gasteiger partial charge is 0.350 e. The van der Waals surface area contributed by atoms with Gasteiger partial charge < -0.3 is 14.3 Å². The maximum absolute atomic E-state index is 11.7. The molecule has 118 valence electrons. The van der Waals surface area contributed by atoms with Crippen LogP contribution in [0.4, 0.5) is 0 Å². The van der Waals surface area contributed by atoms with Gasteiger partial charge in [-0.25, -0.2) is 4.79 Å². The Kier molecular flexibility index (Phi) is 4.57. The van der Waals surface area contributed by atoms with Crippen molar-refractivity contribution < 1.29 is 19.1 Å². The van der Waals surface area contributed by atoms with E-state index in [2.05, 4.69) is 5.16 Å². The Balaban J connectivity index is 1.70. The lowest BCUT2D eigenvalue weighted by atomic mass is 10.0. The zero-order valence-electron chi connectivity index (χ0n) is 12.8. The minimum absolute atomic E-state index is 0.328. The molecule has 0 amide bonds. The van der Waals surface area contributed by atoms with Gasteiger partial charge in [0.25, 0.3) is 0 Å². The quantitative estimate of drug-likeness (QED) is 0.793. The largest absolute Gasteiger partial charge is 0.463 e. The fraction of sp³-hybridized carbons (Fsp3) is 0.222. The highest BCUT2D eigenvalue weighted by Gasteiger charge is 2.30. The first-order chi connectivity index (χ1) is 11.3. The Morgan fingerprint density at radius 1 is 1.17 bits per heavy atom. The van der Waals surface area contributed by atoms with Crippen LogP contribution >= 0.6 is 0 Å². The van der Waals surface area contributed by atoms with Gasteiger partial charge in [0.1, 0.15) is 11.5 Å². The second-order valence-electron chi connectivity index (χ2n) is 5.03. The van der Waals surface area contributed by atoms with Crippen molar-refractivity contribution in [2.75, 3.05) is 6.61 Å². The van der Waals surface area contributed by atoms with E-state index in [9.17, 15) is 4.79 Å². The molecule has 0 aliphatic carbocycles. The number of esters is 1. The molecule has 2 aromatic rings. The van der Waals surface area contributed by atoms with Crippen LogP contribution in [0.5, 0.6) is 11.5 Å². The number of rotatable bonds is 5. The lowest BCUT2D eigenvalue weighted by Gasteiger charge is -2.08. The van der Waals surface area contributed by atoms with Crippen LogP contribution in [0.3, 0.4) is 0 Å². The number of hydrogen-bond acceptors (Lipinski definition) is 5. The number of ether oxygens (including phenoxy) is 2. The summed E-state index contributed by atoms with van der Waals surface area (Å²) in [5.74, 6) is 1.08. The molecule has 1 aliphatic heterocycles. The van der Waals surface area contributed by atoms with E-state index in [-0.39, 0.29) is 5.97 Å². The van der Waals surface area contributed by atoms with Gasteiger partial charge in [0.2, 0.25) is 6.10 Å². The molecule has 3 rings (SSSR count). The van der Waals surface area contributed by atoms with Crippen molar-refractivity contribution in [1.29, 1.82) is 0 Å². The molecule has 0 radical (unpaired) electrons. The average Bonchev–Trinajstić information content (AvgIpc) is 3.06. The molecule has 0 aromatic heterocycles. The molecule has 2 aromatic carbocycles. The zero-order valence-corrected chi connectivity index (χ0v) is 12.8. The highest BCUT2D eigenvalue weighted by atomic mass is 16.7. The van der Waals surface area contributed by atoms with Crippen molar-refractivity contribution in [3.63, 3.8) is 0 Å². The molecule has 1 aliphatic rings. The van der Waals surface area contributed by atoms with Crippen molar-refractivity contribution in [2.24, 2.45) is 5.16 Å². The fourth-order valence-corrected chi connectivity index (χ4v) is 2.27. The van der Waals surface area contributed by atoms with E-state index in [4.69, 9.17) is 14.3 Å². The molecule has 0 saturated carbocycles. The summed E-state index contributed by atoms with van der Waals surface area (Å²) < 4.78 is 10.8. The monoisotopic (exact) mass is 311 g/mol. The molecule has 0 N–H and O–H groups in total. The third-order valence-corrected chi connectivity index (χ3v) is 3.36. The fourth-order valence-electron chi connectivity index (χ4n) is 2.27. The van der Waals surface area contributed by atoms with E-state index in [1.54, 1.807) is 6.92 Å². The van der Waals surface area contributed by atoms with Crippen LogP contribution in [-0.2, 0) is 14.4 Å². The zero-order chi connectivity index (χ0) is 16.1. The van der Waals surface area contributed by atoms with Gasteiger partial charge in [-0.2, -0.15) is 0 Å². The summed E-state index contributed by atoms with van der Waals surface area (Å²) in [6.07, 6.45) is -0.267. The van der Waals surface area contributed by atoms with Gasteiger partial charge in [0.05, 0.1) is 12.3 Å². The van der Waals surface area contributed by atoms with Crippen molar-refractivity contribution in [3.8, 4) is 11.5 Å². The SMILES string of the molecule is CCOC(=O)C1CC(c2cccc(Oc3ccccc3)c2)=NO1. The second kappa shape index (κ2) is 6.96. The van der Waals surface area contributed by atoms with Gasteiger partial charge in [-0.05, 0) is 31.2 Å². The molecule has 5 nitrogen and oxygen atoms in total. The average molecular weight is 311 g/mol. The number of benzene rings is 2. The predicted molar refractivity (Wildman–Crippen MR) is 85.6 cm³/mol. The Morgan fingerprint density at radius 3 is 2.74 bits per heavy atom. The second-order valence-corrected chi connectivity index (χ2v) is 5.03. The van der Waals surface area contributed by atoms with E-state index in [1.807, 2.05) is 54.6 Å². The van der Waals surface area contributed by atoms with Crippen LogP contribution in [0.2, 0.25) is 0 Å². The lowest BCUT2D eigenvalue weighted by molar-refractivity contribution is -0.154. The molecule has 1 atom stereocenters. The number of carbonyl (C=O) groups is 1. The van der Waals surface area contributed by atoms with Gasteiger partial charge in [-0.3, -0.25) is 0 Å². The molecule has 1 heterocycles. The maximum atomic E-state index is 11.7. The molecule has 0 saturated heterocycles. The summed E-state index contributed by atoms with van der Waals surface area (Å²) in [7, 11) is 0. The van der Waals surface area contributed by atoms with Gasteiger partial charge in [0, 0.05) is 12.0 Å². The van der Waals surface area contributed by atoms with Crippen LogP contribution in [-0.4, -0.2) is 24.4 Å². The van der Waals surface area contributed by atoms with E-state index in [0.29, 0.717) is 24.5 Å². The number of carbonyl (C=O) groups excluding carboxylic acids is 1. The molecule has 0 bridgehead atoms. The van der Waals surface area contributed by atoms with E-state index < -0.39 is 6.10 Å². The Labute approximate surface area is 134 Å². The van der Waals surface area contributed by atoms with Crippen LogP contribution < -0.4 is 4.74 Å². The minimum atomic E-state index is -0.663. The normalized spacial score (nSPS) is 16.4. The first kappa shape index (κ1) is 15.1. The van der Waals surface area contributed by atoms with Crippen molar-refractivity contribution in [3.05, 3.63) is 60.2 Å². The predicted octanol–water partition coefficient (Wildman–Crippen LogP) is 3.54. The Bertz CT molecular complexity index is 712. The van der Waals surface area contributed by atoms with Gasteiger partial charge in [-0.1, -0.05) is 35.5 Å². The number of oxime groups is 1. The third kappa shape index (κ3) is 3.69. The summed E-state index contributed by atoms with van der Waals surface area (Å²) in [4.78, 5) is 16.9. The summed E-state index contributed by atoms with van der Waals surface area (Å²) in [5.41, 5.74) is 1.58. The van der Waals surface area contributed by atoms with E-state index in [1.165, 1.54) is 0 Å². The minimum Gasteiger partial charge on any atom is -0.463 e. The van der Waals surface area contributed by atoms with E-state index in [0.717, 1.165) is 11.3 Å². The van der Waals surface area contributed by atoms with Crippen molar-refractivity contribution in [2.45, 2.75) is 19.4 Å². The first-order valence-corrected chi connectivity index (χ1v) is 7.49. The summed E-state index contributed by atoms with van der Waals surface area (Å²) in [5, 5.41) is 4.00. The lowest BCUT2D eigenvalue weighted by Crippen LogP contribution is -2.23. The number of hydrogen-bond donors (Lipinski definition) is 0. The highest BCUT2D eigenvalue weighted by Crippen LogP contribution is 2.24. The Hall–Kier alpha value is -2.82. The highest BCUT2D eigenvalue weighted by molar-refractivity contribution is 6.03. The van der Waals surface area contributed by atoms with Gasteiger partial charge in [-0.15, -0.1) is 0 Å². The molecule has 0 fully saturated rings. The summed E-state index contributed by atoms with van der Waals surface area (Å²) in [6, 6.07) is 17.1. The first-order valence-electron chi connectivity index (χ1n) is 7.49. The molecular formula is C18H17NO4. The van der Waals surface area contributed by atoms with Crippen LogP contribution in [0.15, 0.2) is 59.8 Å². The van der Waals surface area contributed by atoms with Crippen LogP contribution in [0, 0.1) is 0 Å². The molecule has 5 heteroatoms. The molecule has 23 heavy (non-hydrogen) atoms. The summed E-state index contributed by atoms with van der Waals surface area (Å²) in [6.45, 7) is 2.09. The van der Waals surface area contributed by atoms with Crippen molar-refractivity contribution >= 4 is 11.7 Å². The topological polar surface area (TPSA) is 57.1 Å². The number of nitrogens with zero attached hydrogens (tertiary/aromatic N) is 1. The van der Waals surface area contributed by atoms with Crippen LogP contribution in [0.1, 0.15) is 18.9 Å². The van der Waals surface area contributed by atoms with E-state index >= 15 is 0 Å². The van der Waals surface area contributed by atoms with Gasteiger partial charge in [0.15, 0.2) is 0 Å². The molecule has 1 unspecified atom stereocenters. The summed E-state index contributed by atoms with van der Waals surface area (Å²) >= 11 is 0. The standard InChI is InChI=1S/C18H17NO4/c1-2-21-18(20)17-12-16(19-23-17)13-7-6-10-15(11-13)22-14-8-4-3-5-9-14/h3-11,17H,2,12H2,1H3. The Morgan fingerprint density at radius 2 is 1.96 bits per heavy atom. The van der Waals surface area contributed by atoms with Crippen molar-refractivity contribution in [1.82, 2.24) is 0 Å².